The summed E-state index contributed by atoms with van der Waals surface area (Å²) in [6, 6.07) is 11.5. The first-order chi connectivity index (χ1) is 12.2. The highest BCUT2D eigenvalue weighted by molar-refractivity contribution is 5.99. The first kappa shape index (κ1) is 18.6. The summed E-state index contributed by atoms with van der Waals surface area (Å²) in [5, 5.41) is 2.85. The summed E-state index contributed by atoms with van der Waals surface area (Å²) in [7, 11) is 0. The number of nitrogens with zero attached hydrogens (tertiary/aromatic N) is 2. The summed E-state index contributed by atoms with van der Waals surface area (Å²) in [5.41, 5.74) is 1.91. The van der Waals surface area contributed by atoms with Gasteiger partial charge in [0.1, 0.15) is 0 Å². The number of hydrogen-bond donors (Lipinski definition) is 1. The van der Waals surface area contributed by atoms with Gasteiger partial charge in [-0.05, 0) is 25.0 Å². The number of benzene rings is 1. The normalized spacial score (nSPS) is 10.3. The first-order valence-corrected chi connectivity index (χ1v) is 8.72. The molecule has 0 aliphatic heterocycles. The molecule has 25 heavy (non-hydrogen) atoms. The van der Waals surface area contributed by atoms with E-state index in [4.69, 9.17) is 0 Å². The van der Waals surface area contributed by atoms with Crippen molar-refractivity contribution in [3.05, 3.63) is 65.5 Å². The van der Waals surface area contributed by atoms with Crippen molar-refractivity contribution < 1.29 is 9.59 Å². The molecule has 5 nitrogen and oxygen atoms in total. The Hall–Kier alpha value is -2.69. The number of hydrogen-bond acceptors (Lipinski definition) is 3. The predicted octanol–water partition coefficient (Wildman–Crippen LogP) is 3.27. The summed E-state index contributed by atoms with van der Waals surface area (Å²) in [5.74, 6) is -0.316. The quantitative estimate of drug-likeness (QED) is 0.751. The average molecular weight is 339 g/mol. The van der Waals surface area contributed by atoms with Crippen molar-refractivity contribution in [1.29, 1.82) is 0 Å². The van der Waals surface area contributed by atoms with Crippen molar-refractivity contribution >= 4 is 11.8 Å². The Balaban J connectivity index is 2.09. The predicted molar refractivity (Wildman–Crippen MR) is 98.3 cm³/mol. The Labute approximate surface area is 149 Å². The molecule has 1 heterocycles. The SMILES string of the molecule is CCCCNC(=O)c1cncc(C(=O)N(CC)Cc2ccccc2)c1. The number of carbonyl (C=O) groups excluding carboxylic acids is 2. The van der Waals surface area contributed by atoms with Crippen LogP contribution in [0, 0.1) is 0 Å². The van der Waals surface area contributed by atoms with E-state index in [-0.39, 0.29) is 11.8 Å². The molecule has 0 unspecified atom stereocenters. The maximum atomic E-state index is 12.8. The summed E-state index contributed by atoms with van der Waals surface area (Å²) < 4.78 is 0. The number of amides is 2. The van der Waals surface area contributed by atoms with E-state index >= 15 is 0 Å². The second-order valence-corrected chi connectivity index (χ2v) is 5.88. The van der Waals surface area contributed by atoms with Gasteiger partial charge in [0, 0.05) is 32.0 Å². The molecule has 1 aromatic carbocycles. The minimum atomic E-state index is -0.193. The van der Waals surface area contributed by atoms with Gasteiger partial charge in [0.25, 0.3) is 11.8 Å². The number of unbranched alkanes of at least 4 members (excludes halogenated alkanes) is 1. The molecule has 0 bridgehead atoms. The van der Waals surface area contributed by atoms with Gasteiger partial charge in [-0.3, -0.25) is 14.6 Å². The standard InChI is InChI=1S/C20H25N3O2/c1-3-5-11-22-19(24)17-12-18(14-21-13-17)20(25)23(4-2)15-16-9-7-6-8-10-16/h6-10,12-14H,3-5,11,15H2,1-2H3,(H,22,24). The summed E-state index contributed by atoms with van der Waals surface area (Å²) in [6.45, 7) is 5.75. The molecule has 0 aliphatic rings. The van der Waals surface area contributed by atoms with Crippen LogP contribution in [0.4, 0.5) is 0 Å². The van der Waals surface area contributed by atoms with Crippen molar-refractivity contribution in [2.24, 2.45) is 0 Å². The number of pyridine rings is 1. The number of carbonyl (C=O) groups is 2. The topological polar surface area (TPSA) is 62.3 Å². The zero-order chi connectivity index (χ0) is 18.1. The van der Waals surface area contributed by atoms with Crippen LogP contribution in [0.1, 0.15) is 53.0 Å². The molecule has 1 aromatic heterocycles. The van der Waals surface area contributed by atoms with Crippen molar-refractivity contribution in [3.63, 3.8) is 0 Å². The molecule has 2 aromatic rings. The van der Waals surface area contributed by atoms with Crippen LogP contribution < -0.4 is 5.32 Å². The van der Waals surface area contributed by atoms with E-state index in [0.717, 1.165) is 18.4 Å². The zero-order valence-electron chi connectivity index (χ0n) is 14.9. The van der Waals surface area contributed by atoms with Crippen LogP contribution in [0.5, 0.6) is 0 Å². The van der Waals surface area contributed by atoms with Gasteiger partial charge in [0.15, 0.2) is 0 Å². The van der Waals surface area contributed by atoms with Gasteiger partial charge < -0.3 is 10.2 Å². The molecule has 0 radical (unpaired) electrons. The highest BCUT2D eigenvalue weighted by atomic mass is 16.2. The van der Waals surface area contributed by atoms with Crippen molar-refractivity contribution in [3.8, 4) is 0 Å². The summed E-state index contributed by atoms with van der Waals surface area (Å²) in [6.07, 6.45) is 4.95. The van der Waals surface area contributed by atoms with E-state index in [9.17, 15) is 9.59 Å². The van der Waals surface area contributed by atoms with Crippen LogP contribution in [-0.4, -0.2) is 34.8 Å². The van der Waals surface area contributed by atoms with Gasteiger partial charge in [-0.15, -0.1) is 0 Å². The Morgan fingerprint density at radius 2 is 1.80 bits per heavy atom. The van der Waals surface area contributed by atoms with Crippen LogP contribution in [0.25, 0.3) is 0 Å². The Morgan fingerprint density at radius 3 is 2.48 bits per heavy atom. The Kier molecular flexibility index (Phi) is 7.14. The Morgan fingerprint density at radius 1 is 1.08 bits per heavy atom. The number of nitrogens with one attached hydrogen (secondary N) is 1. The number of aromatic nitrogens is 1. The highest BCUT2D eigenvalue weighted by Gasteiger charge is 2.17. The molecule has 5 heteroatoms. The maximum Gasteiger partial charge on any atom is 0.255 e. The van der Waals surface area contributed by atoms with Crippen LogP contribution in [0.3, 0.4) is 0 Å². The minimum Gasteiger partial charge on any atom is -0.352 e. The monoisotopic (exact) mass is 339 g/mol. The van der Waals surface area contributed by atoms with E-state index in [1.807, 2.05) is 37.3 Å². The van der Waals surface area contributed by atoms with E-state index < -0.39 is 0 Å². The third-order valence-electron chi connectivity index (χ3n) is 3.95. The van der Waals surface area contributed by atoms with E-state index in [0.29, 0.717) is 30.8 Å². The van der Waals surface area contributed by atoms with Gasteiger partial charge >= 0.3 is 0 Å². The van der Waals surface area contributed by atoms with E-state index in [1.54, 1.807) is 11.0 Å². The lowest BCUT2D eigenvalue weighted by Crippen LogP contribution is -2.31. The molecule has 132 valence electrons. The van der Waals surface area contributed by atoms with Crippen molar-refractivity contribution in [1.82, 2.24) is 15.2 Å². The molecular formula is C20H25N3O2. The van der Waals surface area contributed by atoms with E-state index in [1.165, 1.54) is 12.4 Å². The molecule has 0 atom stereocenters. The van der Waals surface area contributed by atoms with Crippen LogP contribution in [0.15, 0.2) is 48.8 Å². The second kappa shape index (κ2) is 9.57. The molecule has 2 rings (SSSR count). The molecule has 2 amide bonds. The lowest BCUT2D eigenvalue weighted by atomic mass is 10.1. The summed E-state index contributed by atoms with van der Waals surface area (Å²) >= 11 is 0. The van der Waals surface area contributed by atoms with Gasteiger partial charge in [-0.2, -0.15) is 0 Å². The summed E-state index contributed by atoms with van der Waals surface area (Å²) in [4.78, 5) is 30.7. The number of rotatable bonds is 8. The fraction of sp³-hybridized carbons (Fsp3) is 0.350. The van der Waals surface area contributed by atoms with Gasteiger partial charge in [0.05, 0.1) is 11.1 Å². The minimum absolute atomic E-state index is 0.123. The third-order valence-corrected chi connectivity index (χ3v) is 3.95. The van der Waals surface area contributed by atoms with Gasteiger partial charge in [-0.25, -0.2) is 0 Å². The second-order valence-electron chi connectivity index (χ2n) is 5.88. The smallest absolute Gasteiger partial charge is 0.255 e. The fourth-order valence-electron chi connectivity index (χ4n) is 2.48. The van der Waals surface area contributed by atoms with E-state index in [2.05, 4.69) is 17.2 Å². The largest absolute Gasteiger partial charge is 0.352 e. The van der Waals surface area contributed by atoms with Crippen molar-refractivity contribution in [2.45, 2.75) is 33.2 Å². The molecule has 1 N–H and O–H groups in total. The third kappa shape index (κ3) is 5.41. The lowest BCUT2D eigenvalue weighted by Gasteiger charge is -2.21. The average Bonchev–Trinajstić information content (AvgIpc) is 2.66. The first-order valence-electron chi connectivity index (χ1n) is 8.72. The van der Waals surface area contributed by atoms with Crippen LogP contribution >= 0.6 is 0 Å². The van der Waals surface area contributed by atoms with Gasteiger partial charge in [0.2, 0.25) is 0 Å². The highest BCUT2D eigenvalue weighted by Crippen LogP contribution is 2.11. The molecule has 0 aliphatic carbocycles. The molecule has 0 saturated heterocycles. The molecule has 0 saturated carbocycles. The Bertz CT molecular complexity index is 701. The lowest BCUT2D eigenvalue weighted by molar-refractivity contribution is 0.0752. The van der Waals surface area contributed by atoms with Crippen LogP contribution in [0.2, 0.25) is 0 Å². The zero-order valence-corrected chi connectivity index (χ0v) is 14.9. The van der Waals surface area contributed by atoms with Crippen molar-refractivity contribution in [2.75, 3.05) is 13.1 Å². The van der Waals surface area contributed by atoms with Crippen LogP contribution in [-0.2, 0) is 6.54 Å². The maximum absolute atomic E-state index is 12.8. The van der Waals surface area contributed by atoms with Gasteiger partial charge in [-0.1, -0.05) is 43.7 Å². The molecule has 0 spiro atoms. The molecule has 0 fully saturated rings. The fourth-order valence-corrected chi connectivity index (χ4v) is 2.48. The molecular weight excluding hydrogens is 314 g/mol.